The molecule has 1 aliphatic heterocycles. The largest absolute Gasteiger partial charge is 0.360 e. The number of amides is 1. The number of nitrogens with two attached hydrogens (primary N) is 1. The summed E-state index contributed by atoms with van der Waals surface area (Å²) in [5.74, 6) is -0.0901. The Labute approximate surface area is 158 Å². The SMILES string of the molecule is Cc1noc(C)c1S(=O)(=O)NC(C)C(=O)N1C[C@@H](N)[C@H](c2ccccc2)C1. The number of aryl methyl sites for hydroxylation is 2. The number of hydrogen-bond donors (Lipinski definition) is 2. The lowest BCUT2D eigenvalue weighted by Gasteiger charge is -2.21. The van der Waals surface area contributed by atoms with E-state index >= 15 is 0 Å². The van der Waals surface area contributed by atoms with Crippen molar-refractivity contribution in [3.05, 3.63) is 47.3 Å². The topological polar surface area (TPSA) is 119 Å². The molecule has 2 heterocycles. The number of likely N-dealkylation sites (tertiary alicyclic amines) is 1. The van der Waals surface area contributed by atoms with Gasteiger partial charge in [0.15, 0.2) is 5.76 Å². The molecule has 0 radical (unpaired) electrons. The van der Waals surface area contributed by atoms with Crippen LogP contribution < -0.4 is 10.5 Å². The molecule has 8 nitrogen and oxygen atoms in total. The van der Waals surface area contributed by atoms with Gasteiger partial charge in [-0.1, -0.05) is 35.5 Å². The highest BCUT2D eigenvalue weighted by Gasteiger charge is 2.37. The van der Waals surface area contributed by atoms with Crippen LogP contribution in [0.2, 0.25) is 0 Å². The highest BCUT2D eigenvalue weighted by Crippen LogP contribution is 2.27. The molecule has 2 aromatic rings. The summed E-state index contributed by atoms with van der Waals surface area (Å²) in [6.45, 7) is 5.43. The second-order valence-corrected chi connectivity index (χ2v) is 8.57. The van der Waals surface area contributed by atoms with Crippen molar-refractivity contribution in [3.8, 4) is 0 Å². The summed E-state index contributed by atoms with van der Waals surface area (Å²) >= 11 is 0. The minimum Gasteiger partial charge on any atom is -0.360 e. The van der Waals surface area contributed by atoms with Gasteiger partial charge in [-0.25, -0.2) is 8.42 Å². The number of nitrogens with zero attached hydrogens (tertiary/aromatic N) is 2. The molecule has 146 valence electrons. The number of carbonyl (C=O) groups is 1. The molecule has 0 spiro atoms. The van der Waals surface area contributed by atoms with Crippen LogP contribution in [-0.2, 0) is 14.8 Å². The first-order chi connectivity index (χ1) is 12.7. The average Bonchev–Trinajstić information content (AvgIpc) is 3.17. The van der Waals surface area contributed by atoms with Crippen molar-refractivity contribution in [3.63, 3.8) is 0 Å². The molecule has 3 N–H and O–H groups in total. The maximum atomic E-state index is 12.8. The highest BCUT2D eigenvalue weighted by molar-refractivity contribution is 7.89. The molecule has 0 saturated carbocycles. The number of aromatic nitrogens is 1. The van der Waals surface area contributed by atoms with E-state index in [0.29, 0.717) is 13.1 Å². The molecule has 1 amide bonds. The van der Waals surface area contributed by atoms with Crippen LogP contribution in [0.15, 0.2) is 39.8 Å². The minimum absolute atomic E-state index is 0.0255. The first-order valence-electron chi connectivity index (χ1n) is 8.75. The van der Waals surface area contributed by atoms with E-state index in [4.69, 9.17) is 10.3 Å². The maximum Gasteiger partial charge on any atom is 0.246 e. The van der Waals surface area contributed by atoms with E-state index in [-0.39, 0.29) is 34.2 Å². The Balaban J connectivity index is 1.71. The zero-order valence-electron chi connectivity index (χ0n) is 15.5. The minimum atomic E-state index is -3.92. The van der Waals surface area contributed by atoms with E-state index in [0.717, 1.165) is 5.56 Å². The third kappa shape index (κ3) is 3.90. The molecule has 1 unspecified atom stereocenters. The van der Waals surface area contributed by atoms with Crippen LogP contribution in [0.3, 0.4) is 0 Å². The molecule has 1 aromatic carbocycles. The Morgan fingerprint density at radius 1 is 1.30 bits per heavy atom. The summed E-state index contributed by atoms with van der Waals surface area (Å²) in [5, 5.41) is 3.66. The molecule has 3 atom stereocenters. The van der Waals surface area contributed by atoms with Crippen LogP contribution in [0.4, 0.5) is 0 Å². The van der Waals surface area contributed by atoms with Gasteiger partial charge in [-0.15, -0.1) is 0 Å². The van der Waals surface area contributed by atoms with Gasteiger partial charge in [0.05, 0.1) is 6.04 Å². The Kier molecular flexibility index (Phi) is 5.36. The van der Waals surface area contributed by atoms with Crippen molar-refractivity contribution in [2.24, 2.45) is 5.73 Å². The Morgan fingerprint density at radius 3 is 2.56 bits per heavy atom. The lowest BCUT2D eigenvalue weighted by atomic mass is 9.95. The summed E-state index contributed by atoms with van der Waals surface area (Å²) in [4.78, 5) is 14.4. The molecule has 1 aliphatic rings. The molecular weight excluding hydrogens is 368 g/mol. The van der Waals surface area contributed by atoms with E-state index < -0.39 is 16.1 Å². The van der Waals surface area contributed by atoms with Crippen molar-refractivity contribution in [2.45, 2.75) is 43.7 Å². The molecule has 1 saturated heterocycles. The van der Waals surface area contributed by atoms with E-state index in [2.05, 4.69) is 9.88 Å². The molecule has 9 heteroatoms. The van der Waals surface area contributed by atoms with Crippen LogP contribution in [0, 0.1) is 13.8 Å². The predicted octanol–water partition coefficient (Wildman–Crippen LogP) is 0.912. The lowest BCUT2D eigenvalue weighted by molar-refractivity contribution is -0.131. The lowest BCUT2D eigenvalue weighted by Crippen LogP contribution is -2.46. The predicted molar refractivity (Wildman–Crippen MR) is 99.5 cm³/mol. The van der Waals surface area contributed by atoms with Crippen LogP contribution >= 0.6 is 0 Å². The molecule has 1 fully saturated rings. The summed E-state index contributed by atoms with van der Waals surface area (Å²) in [6.07, 6.45) is 0. The normalized spacial score (nSPS) is 21.4. The number of nitrogens with one attached hydrogen (secondary N) is 1. The van der Waals surface area contributed by atoms with E-state index in [1.54, 1.807) is 11.8 Å². The van der Waals surface area contributed by atoms with Crippen LogP contribution in [0.25, 0.3) is 0 Å². The number of benzene rings is 1. The van der Waals surface area contributed by atoms with Crippen molar-refractivity contribution in [1.29, 1.82) is 0 Å². The summed E-state index contributed by atoms with van der Waals surface area (Å²) in [7, 11) is -3.92. The zero-order chi connectivity index (χ0) is 19.8. The first-order valence-corrected chi connectivity index (χ1v) is 10.2. The Hall–Kier alpha value is -2.23. The molecule has 27 heavy (non-hydrogen) atoms. The molecule has 3 rings (SSSR count). The molecule has 1 aromatic heterocycles. The van der Waals surface area contributed by atoms with Gasteiger partial charge >= 0.3 is 0 Å². The second kappa shape index (κ2) is 7.41. The van der Waals surface area contributed by atoms with Gasteiger partial charge in [-0.05, 0) is 26.3 Å². The Bertz CT molecular complexity index is 907. The second-order valence-electron chi connectivity index (χ2n) is 6.92. The number of rotatable bonds is 5. The van der Waals surface area contributed by atoms with Crippen molar-refractivity contribution < 1.29 is 17.7 Å². The fourth-order valence-electron chi connectivity index (χ4n) is 3.54. The van der Waals surface area contributed by atoms with E-state index in [9.17, 15) is 13.2 Å². The maximum absolute atomic E-state index is 12.8. The molecule has 0 aliphatic carbocycles. The highest BCUT2D eigenvalue weighted by atomic mass is 32.2. The Morgan fingerprint density at radius 2 is 1.96 bits per heavy atom. The standard InChI is InChI=1S/C18H24N4O4S/c1-11-17(13(3)26-20-11)27(24,25)21-12(2)18(23)22-9-15(16(19)10-22)14-7-5-4-6-8-14/h4-8,12,15-16,21H,9-10,19H2,1-3H3/t12?,15-,16+/m0/s1. The summed E-state index contributed by atoms with van der Waals surface area (Å²) in [6, 6.07) is 8.66. The fraction of sp³-hybridized carbons (Fsp3) is 0.444. The van der Waals surface area contributed by atoms with Gasteiger partial charge in [-0.3, -0.25) is 4.79 Å². The molecular formula is C18H24N4O4S. The summed E-state index contributed by atoms with van der Waals surface area (Å²) < 4.78 is 32.6. The monoisotopic (exact) mass is 392 g/mol. The number of carbonyl (C=O) groups excluding carboxylic acids is 1. The van der Waals surface area contributed by atoms with Crippen molar-refractivity contribution in [1.82, 2.24) is 14.8 Å². The number of sulfonamides is 1. The third-order valence-electron chi connectivity index (χ3n) is 4.84. The van der Waals surface area contributed by atoms with E-state index in [1.807, 2.05) is 30.3 Å². The fourth-order valence-corrected chi connectivity index (χ4v) is 5.06. The van der Waals surface area contributed by atoms with E-state index in [1.165, 1.54) is 13.8 Å². The van der Waals surface area contributed by atoms with Gasteiger partial charge in [0.25, 0.3) is 0 Å². The van der Waals surface area contributed by atoms with Crippen molar-refractivity contribution in [2.75, 3.05) is 13.1 Å². The van der Waals surface area contributed by atoms with Crippen LogP contribution in [-0.4, -0.2) is 49.6 Å². The molecule has 0 bridgehead atoms. The van der Waals surface area contributed by atoms with Gasteiger partial charge in [0.1, 0.15) is 10.6 Å². The van der Waals surface area contributed by atoms with Crippen molar-refractivity contribution >= 4 is 15.9 Å². The third-order valence-corrected chi connectivity index (χ3v) is 6.63. The number of hydrogen-bond acceptors (Lipinski definition) is 6. The van der Waals surface area contributed by atoms with Gasteiger partial charge in [0, 0.05) is 25.0 Å². The average molecular weight is 392 g/mol. The van der Waals surface area contributed by atoms with Crippen LogP contribution in [0.5, 0.6) is 0 Å². The summed E-state index contributed by atoms with van der Waals surface area (Å²) in [5.41, 5.74) is 7.56. The van der Waals surface area contributed by atoms with Gasteiger partial charge in [-0.2, -0.15) is 4.72 Å². The smallest absolute Gasteiger partial charge is 0.246 e. The quantitative estimate of drug-likeness (QED) is 0.781. The first kappa shape index (κ1) is 19.5. The zero-order valence-corrected chi connectivity index (χ0v) is 16.4. The van der Waals surface area contributed by atoms with Crippen LogP contribution in [0.1, 0.15) is 29.9 Å². The van der Waals surface area contributed by atoms with Gasteiger partial charge in [0.2, 0.25) is 15.9 Å². The van der Waals surface area contributed by atoms with Gasteiger partial charge < -0.3 is 15.2 Å².